The van der Waals surface area contributed by atoms with Gasteiger partial charge in [0.25, 0.3) is 11.8 Å². The van der Waals surface area contributed by atoms with E-state index >= 15 is 0 Å². The molecule has 2 aliphatic rings. The highest BCUT2D eigenvalue weighted by molar-refractivity contribution is 5.98. The number of fused-ring (bicyclic) bond motifs is 1. The first-order valence-corrected chi connectivity index (χ1v) is 7.83. The number of amides is 2. The van der Waals surface area contributed by atoms with Gasteiger partial charge in [-0.25, -0.2) is 4.98 Å². The van der Waals surface area contributed by atoms with Crippen molar-refractivity contribution in [2.75, 3.05) is 13.1 Å². The van der Waals surface area contributed by atoms with E-state index in [1.54, 1.807) is 17.0 Å². The van der Waals surface area contributed by atoms with Crippen molar-refractivity contribution >= 4 is 11.8 Å². The number of benzene rings is 1. The molecule has 1 spiro atoms. The maximum atomic E-state index is 12.4. The lowest BCUT2D eigenvalue weighted by Crippen LogP contribution is -2.61. The highest BCUT2D eigenvalue weighted by Crippen LogP contribution is 2.33. The summed E-state index contributed by atoms with van der Waals surface area (Å²) in [5.74, 6) is 0.306. The third-order valence-corrected chi connectivity index (χ3v) is 4.42. The minimum absolute atomic E-state index is 0.134. The number of nitrogens with one attached hydrogen (secondary N) is 1. The monoisotopic (exact) mass is 324 g/mol. The Morgan fingerprint density at radius 3 is 2.75 bits per heavy atom. The van der Waals surface area contributed by atoms with Gasteiger partial charge in [-0.3, -0.25) is 14.6 Å². The first-order chi connectivity index (χ1) is 11.7. The standard InChI is InChI=1S/C17H16N4O3/c22-15-12-3-1-2-4-14(12)24-17(20-15)5-9-21(10-6-17)16(23)13-11-18-7-8-19-13/h1-4,7-8,11H,5-6,9-10H2,(H,20,22). The Morgan fingerprint density at radius 2 is 2.00 bits per heavy atom. The van der Waals surface area contributed by atoms with E-state index in [0.29, 0.717) is 42.9 Å². The van der Waals surface area contributed by atoms with Crippen LogP contribution >= 0.6 is 0 Å². The van der Waals surface area contributed by atoms with Gasteiger partial charge in [-0.2, -0.15) is 0 Å². The maximum absolute atomic E-state index is 12.4. The number of nitrogens with zero attached hydrogens (tertiary/aromatic N) is 3. The van der Waals surface area contributed by atoms with Gasteiger partial charge < -0.3 is 15.0 Å². The van der Waals surface area contributed by atoms with Crippen LogP contribution in [0.1, 0.15) is 33.7 Å². The quantitative estimate of drug-likeness (QED) is 0.853. The fourth-order valence-electron chi connectivity index (χ4n) is 3.12. The molecule has 0 atom stereocenters. The topological polar surface area (TPSA) is 84.4 Å². The second-order valence-corrected chi connectivity index (χ2v) is 5.93. The molecule has 1 saturated heterocycles. The normalized spacial score (nSPS) is 18.5. The van der Waals surface area contributed by atoms with Gasteiger partial charge in [0.1, 0.15) is 11.4 Å². The third-order valence-electron chi connectivity index (χ3n) is 4.42. The minimum atomic E-state index is -0.745. The zero-order chi connectivity index (χ0) is 16.6. The molecule has 2 amide bonds. The Labute approximate surface area is 138 Å². The number of para-hydroxylation sites is 1. The van der Waals surface area contributed by atoms with Crippen LogP contribution in [0.5, 0.6) is 5.75 Å². The fourth-order valence-corrected chi connectivity index (χ4v) is 3.12. The molecule has 0 unspecified atom stereocenters. The average molecular weight is 324 g/mol. The van der Waals surface area contributed by atoms with Crippen molar-refractivity contribution in [3.8, 4) is 5.75 Å². The van der Waals surface area contributed by atoms with Crippen LogP contribution in [0.4, 0.5) is 0 Å². The van der Waals surface area contributed by atoms with Gasteiger partial charge in [-0.15, -0.1) is 0 Å². The van der Waals surface area contributed by atoms with Gasteiger partial charge in [0.2, 0.25) is 0 Å². The molecular weight excluding hydrogens is 308 g/mol. The molecule has 7 heteroatoms. The predicted octanol–water partition coefficient (Wildman–Crippen LogP) is 1.23. The highest BCUT2D eigenvalue weighted by atomic mass is 16.5. The Hall–Kier alpha value is -2.96. The average Bonchev–Trinajstić information content (AvgIpc) is 2.62. The molecule has 2 aromatic rings. The largest absolute Gasteiger partial charge is 0.467 e. The number of piperidine rings is 1. The summed E-state index contributed by atoms with van der Waals surface area (Å²) >= 11 is 0. The SMILES string of the molecule is O=C1NC2(CCN(C(=O)c3cnccn3)CC2)Oc2ccccc21. The third kappa shape index (κ3) is 2.47. The summed E-state index contributed by atoms with van der Waals surface area (Å²) in [4.78, 5) is 34.4. The van der Waals surface area contributed by atoms with Crippen molar-refractivity contribution < 1.29 is 14.3 Å². The van der Waals surface area contributed by atoms with Crippen LogP contribution in [-0.2, 0) is 0 Å². The molecule has 3 heterocycles. The Balaban J connectivity index is 1.49. The Bertz CT molecular complexity index is 785. The molecule has 1 fully saturated rings. The molecule has 4 rings (SSSR count). The van der Waals surface area contributed by atoms with E-state index in [9.17, 15) is 9.59 Å². The van der Waals surface area contributed by atoms with Crippen molar-refractivity contribution in [1.82, 2.24) is 20.2 Å². The van der Waals surface area contributed by atoms with Gasteiger partial charge >= 0.3 is 0 Å². The molecule has 24 heavy (non-hydrogen) atoms. The molecule has 122 valence electrons. The number of hydrogen-bond acceptors (Lipinski definition) is 5. The van der Waals surface area contributed by atoms with Crippen LogP contribution in [0.2, 0.25) is 0 Å². The van der Waals surface area contributed by atoms with Gasteiger partial charge in [0, 0.05) is 38.3 Å². The molecule has 1 N–H and O–H groups in total. The summed E-state index contributed by atoms with van der Waals surface area (Å²) in [6, 6.07) is 7.19. The molecule has 7 nitrogen and oxygen atoms in total. The van der Waals surface area contributed by atoms with Gasteiger partial charge in [-0.1, -0.05) is 12.1 Å². The number of aromatic nitrogens is 2. The molecule has 0 aliphatic carbocycles. The van der Waals surface area contributed by atoms with E-state index in [4.69, 9.17) is 4.74 Å². The number of rotatable bonds is 1. The number of hydrogen-bond donors (Lipinski definition) is 1. The molecule has 1 aromatic carbocycles. The second kappa shape index (κ2) is 5.59. The first kappa shape index (κ1) is 14.6. The number of carbonyl (C=O) groups is 2. The summed E-state index contributed by atoms with van der Waals surface area (Å²) in [5.41, 5.74) is 0.124. The van der Waals surface area contributed by atoms with Crippen molar-refractivity contribution in [3.05, 3.63) is 54.1 Å². The van der Waals surface area contributed by atoms with Crippen LogP contribution in [0.25, 0.3) is 0 Å². The number of likely N-dealkylation sites (tertiary alicyclic amines) is 1. The molecular formula is C17H16N4O3. The summed E-state index contributed by atoms with van der Waals surface area (Å²) in [7, 11) is 0. The summed E-state index contributed by atoms with van der Waals surface area (Å²) in [5, 5.41) is 2.96. The lowest BCUT2D eigenvalue weighted by atomic mass is 9.96. The number of carbonyl (C=O) groups excluding carboxylic acids is 2. The van der Waals surface area contributed by atoms with Crippen LogP contribution in [0.3, 0.4) is 0 Å². The molecule has 0 saturated carbocycles. The van der Waals surface area contributed by atoms with Crippen molar-refractivity contribution in [2.45, 2.75) is 18.6 Å². The van der Waals surface area contributed by atoms with Crippen LogP contribution in [0, 0.1) is 0 Å². The fraction of sp³-hybridized carbons (Fsp3) is 0.294. The lowest BCUT2D eigenvalue weighted by molar-refractivity contribution is -0.0246. The van der Waals surface area contributed by atoms with Crippen LogP contribution < -0.4 is 10.1 Å². The van der Waals surface area contributed by atoms with Crippen LogP contribution in [-0.4, -0.2) is 45.5 Å². The maximum Gasteiger partial charge on any atom is 0.274 e. The Morgan fingerprint density at radius 1 is 1.21 bits per heavy atom. The van der Waals surface area contributed by atoms with Gasteiger partial charge in [-0.05, 0) is 12.1 Å². The smallest absolute Gasteiger partial charge is 0.274 e. The van der Waals surface area contributed by atoms with Gasteiger partial charge in [0.05, 0.1) is 11.8 Å². The molecule has 1 aromatic heterocycles. The summed E-state index contributed by atoms with van der Waals surface area (Å²) in [6.45, 7) is 0.968. The van der Waals surface area contributed by atoms with Crippen molar-refractivity contribution in [1.29, 1.82) is 0 Å². The van der Waals surface area contributed by atoms with Crippen LogP contribution in [0.15, 0.2) is 42.9 Å². The number of ether oxygens (including phenoxy) is 1. The highest BCUT2D eigenvalue weighted by Gasteiger charge is 2.43. The molecule has 0 radical (unpaired) electrons. The molecule has 0 bridgehead atoms. The van der Waals surface area contributed by atoms with E-state index < -0.39 is 5.72 Å². The van der Waals surface area contributed by atoms with Crippen molar-refractivity contribution in [2.24, 2.45) is 0 Å². The van der Waals surface area contributed by atoms with Crippen molar-refractivity contribution in [3.63, 3.8) is 0 Å². The van der Waals surface area contributed by atoms with E-state index in [1.165, 1.54) is 18.6 Å². The van der Waals surface area contributed by atoms with E-state index in [2.05, 4.69) is 15.3 Å². The zero-order valence-corrected chi connectivity index (χ0v) is 12.9. The predicted molar refractivity (Wildman–Crippen MR) is 84.4 cm³/mol. The first-order valence-electron chi connectivity index (χ1n) is 7.83. The summed E-state index contributed by atoms with van der Waals surface area (Å²) < 4.78 is 6.07. The Kier molecular flexibility index (Phi) is 3.41. The second-order valence-electron chi connectivity index (χ2n) is 5.93. The van der Waals surface area contributed by atoms with Gasteiger partial charge in [0.15, 0.2) is 5.72 Å². The van der Waals surface area contributed by atoms with E-state index in [0.717, 1.165) is 0 Å². The zero-order valence-electron chi connectivity index (χ0n) is 12.9. The van der Waals surface area contributed by atoms with E-state index in [-0.39, 0.29) is 11.8 Å². The minimum Gasteiger partial charge on any atom is -0.467 e. The molecule has 2 aliphatic heterocycles. The van der Waals surface area contributed by atoms with E-state index in [1.807, 2.05) is 12.1 Å². The summed E-state index contributed by atoms with van der Waals surface area (Å²) in [6.07, 6.45) is 5.55. The lowest BCUT2D eigenvalue weighted by Gasteiger charge is -2.44.